The maximum atomic E-state index is 13.4. The van der Waals surface area contributed by atoms with Crippen molar-refractivity contribution in [3.05, 3.63) is 100 Å². The molecule has 0 aliphatic carbocycles. The van der Waals surface area contributed by atoms with E-state index in [2.05, 4.69) is 10.3 Å². The minimum absolute atomic E-state index is 0.0646. The third-order valence-corrected chi connectivity index (χ3v) is 7.20. The van der Waals surface area contributed by atoms with E-state index in [-0.39, 0.29) is 41.6 Å². The summed E-state index contributed by atoms with van der Waals surface area (Å²) < 4.78 is 5.25. The van der Waals surface area contributed by atoms with Gasteiger partial charge in [0.25, 0.3) is 17.7 Å². The summed E-state index contributed by atoms with van der Waals surface area (Å²) in [4.78, 5) is 57.3. The molecule has 1 aliphatic rings. The molecule has 0 saturated carbocycles. The van der Waals surface area contributed by atoms with E-state index in [1.165, 1.54) is 18.2 Å². The molecule has 1 unspecified atom stereocenters. The number of aryl methyl sites for hydroxylation is 1. The average Bonchev–Trinajstić information content (AvgIpc) is 3.55. The summed E-state index contributed by atoms with van der Waals surface area (Å²) in [5.74, 6) is -1.97. The number of phenolic OH excluding ortho intramolecular Hbond substituents is 1. The van der Waals surface area contributed by atoms with Crippen molar-refractivity contribution in [2.45, 2.75) is 45.6 Å². The number of hydrogen-bond acceptors (Lipinski definition) is 6. The molecule has 1 fully saturated rings. The molecular weight excluding hydrogens is 548 g/mol. The van der Waals surface area contributed by atoms with Crippen LogP contribution in [-0.4, -0.2) is 59.2 Å². The van der Waals surface area contributed by atoms with E-state index in [0.717, 1.165) is 12.8 Å². The van der Waals surface area contributed by atoms with E-state index in [9.17, 15) is 24.3 Å². The van der Waals surface area contributed by atoms with Gasteiger partial charge in [-0.3, -0.25) is 19.2 Å². The zero-order valence-electron chi connectivity index (χ0n) is 24.3. The van der Waals surface area contributed by atoms with Crippen molar-refractivity contribution in [1.29, 1.82) is 0 Å². The number of aromatic hydroxyl groups is 1. The summed E-state index contributed by atoms with van der Waals surface area (Å²) in [6.45, 7) is 5.27. The molecular formula is C33H36N4O6. The number of carbonyl (C=O) groups excluding carboxylic acids is 4. The predicted molar refractivity (Wildman–Crippen MR) is 162 cm³/mol. The Morgan fingerprint density at radius 1 is 0.977 bits per heavy atom. The number of nitrogens with zero attached hydrogens (tertiary/aromatic N) is 2. The molecule has 3 aromatic rings. The maximum absolute atomic E-state index is 13.4. The number of rotatable bonds is 10. The fourth-order valence-corrected chi connectivity index (χ4v) is 4.87. The Morgan fingerprint density at radius 3 is 2.35 bits per heavy atom. The fraction of sp³-hybridized carbons (Fsp3) is 0.303. The monoisotopic (exact) mass is 584 g/mol. The first-order chi connectivity index (χ1) is 20.7. The van der Waals surface area contributed by atoms with E-state index >= 15 is 0 Å². The SMILES string of the molecule is CCCOC(=O)CC(NC(=O)c1ccc(C(=O)N2CCCC2)c(C)c1)c1cc(C(N)=NC(=O)c2ccccc2)ccc1O. The van der Waals surface area contributed by atoms with E-state index in [1.807, 2.05) is 6.92 Å². The summed E-state index contributed by atoms with van der Waals surface area (Å²) in [5, 5.41) is 13.6. The number of amides is 3. The highest BCUT2D eigenvalue weighted by Crippen LogP contribution is 2.29. The number of esters is 1. The summed E-state index contributed by atoms with van der Waals surface area (Å²) in [6.07, 6.45) is 2.30. The largest absolute Gasteiger partial charge is 0.508 e. The van der Waals surface area contributed by atoms with Gasteiger partial charge in [-0.2, -0.15) is 4.99 Å². The topological polar surface area (TPSA) is 151 Å². The zero-order valence-corrected chi connectivity index (χ0v) is 24.3. The van der Waals surface area contributed by atoms with Crippen molar-refractivity contribution in [3.63, 3.8) is 0 Å². The molecule has 3 amide bonds. The van der Waals surface area contributed by atoms with E-state index < -0.39 is 23.8 Å². The number of amidine groups is 1. The van der Waals surface area contributed by atoms with Crippen LogP contribution < -0.4 is 11.1 Å². The smallest absolute Gasteiger partial charge is 0.308 e. The first kappa shape index (κ1) is 31.0. The molecule has 1 heterocycles. The van der Waals surface area contributed by atoms with Gasteiger partial charge < -0.3 is 25.8 Å². The highest BCUT2D eigenvalue weighted by Gasteiger charge is 2.25. The van der Waals surface area contributed by atoms with Crippen LogP contribution in [-0.2, 0) is 9.53 Å². The number of likely N-dealkylation sites (tertiary alicyclic amines) is 1. The lowest BCUT2D eigenvalue weighted by molar-refractivity contribution is -0.144. The molecule has 10 nitrogen and oxygen atoms in total. The Balaban J connectivity index is 1.60. The van der Waals surface area contributed by atoms with Crippen LogP contribution in [0.1, 0.15) is 86.4 Å². The third-order valence-electron chi connectivity index (χ3n) is 7.20. The summed E-state index contributed by atoms with van der Waals surface area (Å²) in [6, 6.07) is 16.6. The Kier molecular flexibility index (Phi) is 10.3. The van der Waals surface area contributed by atoms with Crippen LogP contribution in [0, 0.1) is 6.92 Å². The normalized spacial score (nSPS) is 13.8. The van der Waals surface area contributed by atoms with Crippen LogP contribution in [0.5, 0.6) is 5.75 Å². The molecule has 4 N–H and O–H groups in total. The number of benzene rings is 3. The number of nitrogens with two attached hydrogens (primary N) is 1. The van der Waals surface area contributed by atoms with Gasteiger partial charge in [0, 0.05) is 40.9 Å². The van der Waals surface area contributed by atoms with Crippen molar-refractivity contribution in [2.75, 3.05) is 19.7 Å². The van der Waals surface area contributed by atoms with Crippen molar-refractivity contribution in [3.8, 4) is 5.75 Å². The van der Waals surface area contributed by atoms with Crippen LogP contribution in [0.4, 0.5) is 0 Å². The molecule has 1 saturated heterocycles. The lowest BCUT2D eigenvalue weighted by Gasteiger charge is -2.21. The minimum Gasteiger partial charge on any atom is -0.508 e. The van der Waals surface area contributed by atoms with Gasteiger partial charge in [-0.25, -0.2) is 0 Å². The van der Waals surface area contributed by atoms with Crippen LogP contribution in [0.25, 0.3) is 0 Å². The molecule has 3 aromatic carbocycles. The Hall–Kier alpha value is -4.99. The maximum Gasteiger partial charge on any atom is 0.308 e. The predicted octanol–water partition coefficient (Wildman–Crippen LogP) is 4.30. The molecule has 10 heteroatoms. The third kappa shape index (κ3) is 7.85. The van der Waals surface area contributed by atoms with Crippen LogP contribution in [0.2, 0.25) is 0 Å². The van der Waals surface area contributed by atoms with Gasteiger partial charge in [0.1, 0.15) is 11.6 Å². The second kappa shape index (κ2) is 14.3. The van der Waals surface area contributed by atoms with Crippen molar-refractivity contribution in [1.82, 2.24) is 10.2 Å². The molecule has 43 heavy (non-hydrogen) atoms. The second-order valence-electron chi connectivity index (χ2n) is 10.4. The van der Waals surface area contributed by atoms with Crippen molar-refractivity contribution in [2.24, 2.45) is 10.7 Å². The highest BCUT2D eigenvalue weighted by molar-refractivity contribution is 6.09. The van der Waals surface area contributed by atoms with Gasteiger partial charge in [0.05, 0.1) is 19.1 Å². The first-order valence-corrected chi connectivity index (χ1v) is 14.3. The van der Waals surface area contributed by atoms with E-state index in [1.54, 1.807) is 60.4 Å². The zero-order chi connectivity index (χ0) is 30.9. The Labute approximate surface area is 250 Å². The van der Waals surface area contributed by atoms with Crippen molar-refractivity contribution >= 4 is 29.5 Å². The lowest BCUT2D eigenvalue weighted by Crippen LogP contribution is -2.31. The molecule has 224 valence electrons. The lowest BCUT2D eigenvalue weighted by atomic mass is 9.98. The second-order valence-corrected chi connectivity index (χ2v) is 10.4. The van der Waals surface area contributed by atoms with Gasteiger partial charge in [-0.1, -0.05) is 25.1 Å². The number of nitrogens with one attached hydrogen (secondary N) is 1. The highest BCUT2D eigenvalue weighted by atomic mass is 16.5. The first-order valence-electron chi connectivity index (χ1n) is 14.3. The number of ether oxygens (including phenoxy) is 1. The number of carbonyl (C=O) groups is 4. The van der Waals surface area contributed by atoms with Crippen LogP contribution in [0.15, 0.2) is 71.7 Å². The molecule has 1 atom stereocenters. The van der Waals surface area contributed by atoms with Gasteiger partial charge in [0.2, 0.25) is 0 Å². The summed E-state index contributed by atoms with van der Waals surface area (Å²) >= 11 is 0. The minimum atomic E-state index is -0.999. The Bertz CT molecular complexity index is 1530. The molecule has 0 radical (unpaired) electrons. The average molecular weight is 585 g/mol. The molecule has 4 rings (SSSR count). The van der Waals surface area contributed by atoms with Gasteiger partial charge >= 0.3 is 5.97 Å². The molecule has 0 spiro atoms. The van der Waals surface area contributed by atoms with Crippen LogP contribution in [0.3, 0.4) is 0 Å². The van der Waals surface area contributed by atoms with Gasteiger partial charge in [0.15, 0.2) is 0 Å². The fourth-order valence-electron chi connectivity index (χ4n) is 4.87. The van der Waals surface area contributed by atoms with Gasteiger partial charge in [-0.15, -0.1) is 0 Å². The van der Waals surface area contributed by atoms with E-state index in [0.29, 0.717) is 41.8 Å². The standard InChI is InChI=1S/C33H36N4O6/c1-3-17-43-29(39)20-27(35-32(41)24-11-13-25(21(2)18-24)33(42)37-15-7-8-16-37)26-19-23(12-14-28(26)38)30(34)36-31(40)22-9-5-4-6-10-22/h4-6,9-14,18-19,27,38H,3,7-8,15-17,20H2,1-2H3,(H,35,41)(H2,34,36,40). The molecule has 0 aromatic heterocycles. The molecule has 1 aliphatic heterocycles. The number of aliphatic imine (C=N–C) groups is 1. The molecule has 0 bridgehead atoms. The summed E-state index contributed by atoms with van der Waals surface area (Å²) in [5.41, 5.74) is 8.49. The van der Waals surface area contributed by atoms with Gasteiger partial charge in [-0.05, 0) is 80.3 Å². The van der Waals surface area contributed by atoms with Crippen LogP contribution >= 0.6 is 0 Å². The van der Waals surface area contributed by atoms with Crippen molar-refractivity contribution < 1.29 is 29.0 Å². The summed E-state index contributed by atoms with van der Waals surface area (Å²) in [7, 11) is 0. The quantitative estimate of drug-likeness (QED) is 0.183. The number of phenols is 1. The number of hydrogen-bond donors (Lipinski definition) is 3. The van der Waals surface area contributed by atoms with E-state index in [4.69, 9.17) is 10.5 Å². The Morgan fingerprint density at radius 2 is 1.67 bits per heavy atom.